The van der Waals surface area contributed by atoms with Crippen LogP contribution in [0.1, 0.15) is 10.5 Å². The van der Waals surface area contributed by atoms with Crippen LogP contribution in [0.15, 0.2) is 18.2 Å². The third kappa shape index (κ3) is 2.46. The van der Waals surface area contributed by atoms with E-state index < -0.39 is 35.7 Å². The molecular weight excluding hydrogens is 274 g/mol. The zero-order chi connectivity index (χ0) is 14.9. The molecule has 0 radical (unpaired) electrons. The topological polar surface area (TPSA) is 111 Å². The molecule has 20 heavy (non-hydrogen) atoms. The fraction of sp³-hybridized carbons (Fsp3) is 0.0909. The molecule has 0 aliphatic carbocycles. The van der Waals surface area contributed by atoms with Crippen molar-refractivity contribution >= 4 is 11.9 Å². The lowest BCUT2D eigenvalue weighted by atomic mass is 10.1. The van der Waals surface area contributed by atoms with Gasteiger partial charge in [0.05, 0.1) is 0 Å². The van der Waals surface area contributed by atoms with Crippen molar-refractivity contribution in [3.63, 3.8) is 0 Å². The van der Waals surface area contributed by atoms with Crippen LogP contribution in [0.4, 0.5) is 8.78 Å². The van der Waals surface area contributed by atoms with E-state index in [1.807, 2.05) is 0 Å². The number of nitrogens with zero attached hydrogens (tertiary/aromatic N) is 3. The van der Waals surface area contributed by atoms with E-state index in [4.69, 9.17) is 10.8 Å². The van der Waals surface area contributed by atoms with Crippen LogP contribution in [0.5, 0.6) is 0 Å². The lowest BCUT2D eigenvalue weighted by Crippen LogP contribution is -2.20. The van der Waals surface area contributed by atoms with Crippen LogP contribution < -0.4 is 5.73 Å². The number of aromatic nitrogens is 3. The van der Waals surface area contributed by atoms with Crippen LogP contribution in [-0.2, 0) is 11.3 Å². The minimum Gasteiger partial charge on any atom is -0.476 e. The highest BCUT2D eigenvalue weighted by Crippen LogP contribution is 2.24. The Hall–Kier alpha value is -2.84. The highest BCUT2D eigenvalue weighted by molar-refractivity contribution is 5.93. The summed E-state index contributed by atoms with van der Waals surface area (Å²) in [5.74, 6) is -4.44. The summed E-state index contributed by atoms with van der Waals surface area (Å²) < 4.78 is 27.1. The van der Waals surface area contributed by atoms with Crippen molar-refractivity contribution in [2.75, 3.05) is 0 Å². The standard InChI is InChI=1S/C11H8F2N4O3/c12-6-2-1-5(3-7(6)13)10-9(11(19)20)15-16-17(10)4-8(14)18/h1-3H,4H2,(H2,14,18)(H,19,20). The number of primary amides is 1. The first-order valence-corrected chi connectivity index (χ1v) is 5.30. The quantitative estimate of drug-likeness (QED) is 0.843. The average molecular weight is 282 g/mol. The van der Waals surface area contributed by atoms with Crippen molar-refractivity contribution in [3.05, 3.63) is 35.5 Å². The van der Waals surface area contributed by atoms with Gasteiger partial charge in [0.1, 0.15) is 12.2 Å². The molecule has 1 aromatic heterocycles. The minimum atomic E-state index is -1.42. The van der Waals surface area contributed by atoms with Crippen molar-refractivity contribution in [3.8, 4) is 11.3 Å². The molecule has 0 atom stereocenters. The molecule has 0 fully saturated rings. The number of carboxylic acids is 1. The molecule has 3 N–H and O–H groups in total. The van der Waals surface area contributed by atoms with Gasteiger partial charge in [0, 0.05) is 5.56 Å². The second-order valence-corrected chi connectivity index (χ2v) is 3.84. The Morgan fingerprint density at radius 2 is 2.00 bits per heavy atom. The number of halogens is 2. The lowest BCUT2D eigenvalue weighted by Gasteiger charge is -2.05. The molecule has 1 amide bonds. The molecule has 7 nitrogen and oxygen atoms in total. The Kier molecular flexibility index (Phi) is 3.42. The molecule has 2 rings (SSSR count). The van der Waals surface area contributed by atoms with Crippen molar-refractivity contribution in [2.45, 2.75) is 6.54 Å². The normalized spacial score (nSPS) is 10.5. The van der Waals surface area contributed by atoms with E-state index in [9.17, 15) is 18.4 Å². The predicted octanol–water partition coefficient (Wildman–Crippen LogP) is 0.407. The van der Waals surface area contributed by atoms with Gasteiger partial charge in [-0.2, -0.15) is 0 Å². The summed E-state index contributed by atoms with van der Waals surface area (Å²) in [6, 6.07) is 2.77. The lowest BCUT2D eigenvalue weighted by molar-refractivity contribution is -0.118. The van der Waals surface area contributed by atoms with Crippen LogP contribution >= 0.6 is 0 Å². The second-order valence-electron chi connectivity index (χ2n) is 3.84. The van der Waals surface area contributed by atoms with Gasteiger partial charge in [0.2, 0.25) is 5.91 Å². The van der Waals surface area contributed by atoms with E-state index in [0.717, 1.165) is 22.9 Å². The maximum Gasteiger partial charge on any atom is 0.358 e. The van der Waals surface area contributed by atoms with Crippen LogP contribution in [0.2, 0.25) is 0 Å². The number of rotatable bonds is 4. The maximum atomic E-state index is 13.2. The number of aromatic carboxylic acids is 1. The van der Waals surface area contributed by atoms with Gasteiger partial charge < -0.3 is 10.8 Å². The van der Waals surface area contributed by atoms with Crippen LogP contribution in [0.3, 0.4) is 0 Å². The first kappa shape index (κ1) is 13.6. The summed E-state index contributed by atoms with van der Waals surface area (Å²) in [7, 11) is 0. The van der Waals surface area contributed by atoms with E-state index >= 15 is 0 Å². The number of amides is 1. The summed E-state index contributed by atoms with van der Waals surface area (Å²) in [5.41, 5.74) is 4.40. The Morgan fingerprint density at radius 3 is 2.55 bits per heavy atom. The maximum absolute atomic E-state index is 13.2. The smallest absolute Gasteiger partial charge is 0.358 e. The molecule has 0 saturated heterocycles. The molecule has 0 bridgehead atoms. The van der Waals surface area contributed by atoms with Crippen molar-refractivity contribution < 1.29 is 23.5 Å². The summed E-state index contributed by atoms with van der Waals surface area (Å²) in [6.45, 7) is -0.436. The van der Waals surface area contributed by atoms with Crippen molar-refractivity contribution in [1.82, 2.24) is 15.0 Å². The number of carboxylic acid groups (broad SMARTS) is 1. The Labute approximate surface area is 110 Å². The first-order chi connectivity index (χ1) is 9.40. The Morgan fingerprint density at radius 1 is 1.30 bits per heavy atom. The highest BCUT2D eigenvalue weighted by atomic mass is 19.2. The molecular formula is C11H8F2N4O3. The number of nitrogens with two attached hydrogens (primary N) is 1. The van der Waals surface area contributed by atoms with E-state index in [1.165, 1.54) is 0 Å². The monoisotopic (exact) mass is 282 g/mol. The molecule has 0 aliphatic heterocycles. The van der Waals surface area contributed by atoms with Crippen LogP contribution in [0, 0.1) is 11.6 Å². The molecule has 104 valence electrons. The Balaban J connectivity index is 2.62. The van der Waals surface area contributed by atoms with E-state index in [-0.39, 0.29) is 11.3 Å². The van der Waals surface area contributed by atoms with Gasteiger partial charge in [0.15, 0.2) is 17.3 Å². The zero-order valence-corrected chi connectivity index (χ0v) is 9.88. The SMILES string of the molecule is NC(=O)Cn1nnc(C(=O)O)c1-c1ccc(F)c(F)c1. The van der Waals surface area contributed by atoms with E-state index in [0.29, 0.717) is 0 Å². The number of carbonyl (C=O) groups is 2. The molecule has 0 saturated carbocycles. The molecule has 2 aromatic rings. The van der Waals surface area contributed by atoms with E-state index in [2.05, 4.69) is 10.3 Å². The molecule has 1 aromatic carbocycles. The summed E-state index contributed by atoms with van der Waals surface area (Å²) in [6.07, 6.45) is 0. The van der Waals surface area contributed by atoms with Crippen LogP contribution in [-0.4, -0.2) is 32.0 Å². The fourth-order valence-electron chi connectivity index (χ4n) is 1.64. The summed E-state index contributed by atoms with van der Waals surface area (Å²) in [4.78, 5) is 22.0. The minimum absolute atomic E-state index is 0.0209. The largest absolute Gasteiger partial charge is 0.476 e. The van der Waals surface area contributed by atoms with E-state index in [1.54, 1.807) is 0 Å². The van der Waals surface area contributed by atoms with Gasteiger partial charge >= 0.3 is 5.97 Å². The zero-order valence-electron chi connectivity index (χ0n) is 9.88. The van der Waals surface area contributed by atoms with Gasteiger partial charge in [-0.25, -0.2) is 18.3 Å². The van der Waals surface area contributed by atoms with Crippen molar-refractivity contribution in [2.24, 2.45) is 5.73 Å². The molecule has 9 heteroatoms. The third-order valence-electron chi connectivity index (χ3n) is 2.44. The fourth-order valence-corrected chi connectivity index (χ4v) is 1.64. The molecule has 0 unspecified atom stereocenters. The van der Waals surface area contributed by atoms with Gasteiger partial charge in [-0.05, 0) is 18.2 Å². The van der Waals surface area contributed by atoms with Gasteiger partial charge in [-0.1, -0.05) is 5.21 Å². The third-order valence-corrected chi connectivity index (χ3v) is 2.44. The predicted molar refractivity (Wildman–Crippen MR) is 61.5 cm³/mol. The highest BCUT2D eigenvalue weighted by Gasteiger charge is 2.22. The molecule has 0 spiro atoms. The van der Waals surface area contributed by atoms with Crippen LogP contribution in [0.25, 0.3) is 11.3 Å². The molecule has 1 heterocycles. The summed E-state index contributed by atoms with van der Waals surface area (Å²) in [5, 5.41) is 15.9. The molecule has 0 aliphatic rings. The first-order valence-electron chi connectivity index (χ1n) is 5.30. The van der Waals surface area contributed by atoms with Crippen molar-refractivity contribution in [1.29, 1.82) is 0 Å². The average Bonchev–Trinajstić information content (AvgIpc) is 2.75. The Bertz CT molecular complexity index is 699. The van der Waals surface area contributed by atoms with Gasteiger partial charge in [-0.3, -0.25) is 4.79 Å². The number of hydrogen-bond acceptors (Lipinski definition) is 4. The second kappa shape index (κ2) is 5.03. The number of carbonyl (C=O) groups excluding carboxylic acids is 1. The van der Waals surface area contributed by atoms with Gasteiger partial charge in [0.25, 0.3) is 0 Å². The summed E-state index contributed by atoms with van der Waals surface area (Å²) >= 11 is 0. The van der Waals surface area contributed by atoms with Gasteiger partial charge in [-0.15, -0.1) is 5.10 Å². The number of benzene rings is 1. The number of hydrogen-bond donors (Lipinski definition) is 2.